The molecule has 21 heavy (non-hydrogen) atoms. The summed E-state index contributed by atoms with van der Waals surface area (Å²) in [5.74, 6) is 0.127. The van der Waals surface area contributed by atoms with Crippen molar-refractivity contribution < 1.29 is 22.7 Å². The fourth-order valence-electron chi connectivity index (χ4n) is 2.33. The highest BCUT2D eigenvalue weighted by atomic mass is 19.4. The molecule has 1 aliphatic rings. The second-order valence-corrected chi connectivity index (χ2v) is 5.13. The van der Waals surface area contributed by atoms with Crippen molar-refractivity contribution in [2.45, 2.75) is 50.9 Å². The summed E-state index contributed by atoms with van der Waals surface area (Å²) in [6.45, 7) is 0.420. The van der Waals surface area contributed by atoms with Crippen LogP contribution in [0.2, 0.25) is 0 Å². The number of H-pyrrole nitrogens is 1. The first-order chi connectivity index (χ1) is 9.83. The Morgan fingerprint density at radius 2 is 2.24 bits per heavy atom. The van der Waals surface area contributed by atoms with Gasteiger partial charge in [-0.15, -0.1) is 5.10 Å². The summed E-state index contributed by atoms with van der Waals surface area (Å²) in [4.78, 5) is 15.8. The molecular formula is C12H17F3N4O2. The van der Waals surface area contributed by atoms with Gasteiger partial charge in [0, 0.05) is 6.04 Å². The zero-order chi connectivity index (χ0) is 15.5. The van der Waals surface area contributed by atoms with E-state index in [1.54, 1.807) is 6.92 Å². The van der Waals surface area contributed by atoms with Crippen molar-refractivity contribution in [3.8, 4) is 0 Å². The zero-order valence-corrected chi connectivity index (χ0v) is 11.5. The standard InChI is InChI=1S/C12H17F3N4O2/c1-7-16-10(19-18-7)11(20)17-8-3-2-4-9(5-8)21-6-12(13,14)15/h8-9H,2-6H2,1H3,(H,17,20)(H,16,18,19). The fourth-order valence-corrected chi connectivity index (χ4v) is 2.33. The lowest BCUT2D eigenvalue weighted by atomic mass is 9.93. The van der Waals surface area contributed by atoms with Crippen LogP contribution in [0.1, 0.15) is 42.1 Å². The summed E-state index contributed by atoms with van der Waals surface area (Å²) in [5, 5.41) is 9.03. The molecule has 1 saturated carbocycles. The topological polar surface area (TPSA) is 79.9 Å². The van der Waals surface area contributed by atoms with Crippen LogP contribution in [0.4, 0.5) is 13.2 Å². The number of aromatic nitrogens is 3. The summed E-state index contributed by atoms with van der Waals surface area (Å²) in [6, 6.07) is -0.219. The molecule has 1 fully saturated rings. The number of hydrogen-bond acceptors (Lipinski definition) is 4. The van der Waals surface area contributed by atoms with Gasteiger partial charge in [0.15, 0.2) is 0 Å². The highest BCUT2D eigenvalue weighted by Gasteiger charge is 2.31. The SMILES string of the molecule is Cc1nc(C(=O)NC2CCCC(OCC(F)(F)F)C2)n[nH]1. The van der Waals surface area contributed by atoms with Gasteiger partial charge in [0.25, 0.3) is 5.91 Å². The monoisotopic (exact) mass is 306 g/mol. The van der Waals surface area contributed by atoms with E-state index in [4.69, 9.17) is 4.74 Å². The summed E-state index contributed by atoms with van der Waals surface area (Å²) in [5.41, 5.74) is 0. The van der Waals surface area contributed by atoms with Crippen LogP contribution < -0.4 is 5.32 Å². The van der Waals surface area contributed by atoms with Gasteiger partial charge in [-0.3, -0.25) is 9.89 Å². The molecule has 0 aliphatic heterocycles. The van der Waals surface area contributed by atoms with Gasteiger partial charge in [0.2, 0.25) is 5.82 Å². The average Bonchev–Trinajstić information content (AvgIpc) is 2.83. The molecule has 2 unspecified atom stereocenters. The summed E-state index contributed by atoms with van der Waals surface area (Å²) in [7, 11) is 0. The third-order valence-corrected chi connectivity index (χ3v) is 3.24. The number of halogens is 3. The minimum absolute atomic E-state index is 0.0332. The zero-order valence-electron chi connectivity index (χ0n) is 11.5. The van der Waals surface area contributed by atoms with E-state index in [0.717, 1.165) is 0 Å². The minimum Gasteiger partial charge on any atom is -0.369 e. The van der Waals surface area contributed by atoms with Crippen LogP contribution in [0.5, 0.6) is 0 Å². The summed E-state index contributed by atoms with van der Waals surface area (Å²) < 4.78 is 41.2. The number of carbonyl (C=O) groups excluding carboxylic acids is 1. The van der Waals surface area contributed by atoms with Crippen molar-refractivity contribution in [3.63, 3.8) is 0 Å². The Hall–Kier alpha value is -1.64. The van der Waals surface area contributed by atoms with Crippen molar-refractivity contribution in [2.75, 3.05) is 6.61 Å². The Kier molecular flexibility index (Phi) is 4.81. The van der Waals surface area contributed by atoms with Crippen LogP contribution in [0.25, 0.3) is 0 Å². The molecule has 0 aromatic carbocycles. The largest absolute Gasteiger partial charge is 0.411 e. The molecule has 2 rings (SSSR count). The maximum atomic E-state index is 12.1. The normalized spacial score (nSPS) is 23.0. The van der Waals surface area contributed by atoms with Crippen molar-refractivity contribution in [1.82, 2.24) is 20.5 Å². The van der Waals surface area contributed by atoms with E-state index in [-0.39, 0.29) is 11.9 Å². The maximum absolute atomic E-state index is 12.1. The molecule has 1 heterocycles. The Morgan fingerprint density at radius 3 is 2.86 bits per heavy atom. The highest BCUT2D eigenvalue weighted by molar-refractivity contribution is 5.90. The molecule has 1 aliphatic carbocycles. The van der Waals surface area contributed by atoms with Crippen LogP contribution in [0.3, 0.4) is 0 Å². The van der Waals surface area contributed by atoms with Crippen LogP contribution in [-0.4, -0.2) is 46.0 Å². The second-order valence-electron chi connectivity index (χ2n) is 5.13. The molecule has 0 radical (unpaired) electrons. The van der Waals surface area contributed by atoms with Gasteiger partial charge in [-0.05, 0) is 32.6 Å². The number of amides is 1. The van der Waals surface area contributed by atoms with Gasteiger partial charge in [0.1, 0.15) is 12.4 Å². The Labute approximate surface area is 119 Å². The van der Waals surface area contributed by atoms with Gasteiger partial charge in [0.05, 0.1) is 6.10 Å². The molecule has 9 heteroatoms. The fraction of sp³-hybridized carbons (Fsp3) is 0.750. The third-order valence-electron chi connectivity index (χ3n) is 3.24. The van der Waals surface area contributed by atoms with Crippen LogP contribution in [0.15, 0.2) is 0 Å². The van der Waals surface area contributed by atoms with Gasteiger partial charge in [-0.2, -0.15) is 13.2 Å². The molecule has 1 aromatic rings. The van der Waals surface area contributed by atoms with Crippen LogP contribution in [0, 0.1) is 6.92 Å². The van der Waals surface area contributed by atoms with E-state index in [2.05, 4.69) is 20.5 Å². The van der Waals surface area contributed by atoms with E-state index in [9.17, 15) is 18.0 Å². The summed E-state index contributed by atoms with van der Waals surface area (Å²) in [6.07, 6.45) is -2.46. The van der Waals surface area contributed by atoms with Gasteiger partial charge in [-0.25, -0.2) is 4.98 Å². The van der Waals surface area contributed by atoms with E-state index >= 15 is 0 Å². The number of aryl methyl sites for hydroxylation is 1. The number of alkyl halides is 3. The Morgan fingerprint density at radius 1 is 1.48 bits per heavy atom. The first-order valence-corrected chi connectivity index (χ1v) is 6.72. The Bertz CT molecular complexity index is 489. The molecular weight excluding hydrogens is 289 g/mol. The van der Waals surface area contributed by atoms with Crippen molar-refractivity contribution in [2.24, 2.45) is 0 Å². The molecule has 1 aromatic heterocycles. The Balaban J connectivity index is 1.82. The molecule has 0 saturated heterocycles. The molecule has 0 bridgehead atoms. The lowest BCUT2D eigenvalue weighted by molar-refractivity contribution is -0.188. The van der Waals surface area contributed by atoms with Crippen LogP contribution in [-0.2, 0) is 4.74 Å². The maximum Gasteiger partial charge on any atom is 0.411 e. The molecule has 2 N–H and O–H groups in total. The van der Waals surface area contributed by atoms with Crippen molar-refractivity contribution in [3.05, 3.63) is 11.6 Å². The van der Waals surface area contributed by atoms with E-state index in [1.165, 1.54) is 0 Å². The molecule has 6 nitrogen and oxygen atoms in total. The second kappa shape index (κ2) is 6.42. The lowest BCUT2D eigenvalue weighted by Gasteiger charge is -2.29. The quantitative estimate of drug-likeness (QED) is 0.888. The minimum atomic E-state index is -4.33. The van der Waals surface area contributed by atoms with Gasteiger partial charge in [-0.1, -0.05) is 0 Å². The predicted octanol–water partition coefficient (Wildman–Crippen LogP) is 1.73. The number of hydrogen-bond donors (Lipinski definition) is 2. The smallest absolute Gasteiger partial charge is 0.369 e. The molecule has 0 spiro atoms. The number of nitrogens with zero attached hydrogens (tertiary/aromatic N) is 2. The number of carbonyl (C=O) groups is 1. The molecule has 2 atom stereocenters. The van der Waals surface area contributed by atoms with E-state index in [1.807, 2.05) is 0 Å². The first-order valence-electron chi connectivity index (χ1n) is 6.72. The van der Waals surface area contributed by atoms with Crippen molar-refractivity contribution >= 4 is 5.91 Å². The average molecular weight is 306 g/mol. The highest BCUT2D eigenvalue weighted by Crippen LogP contribution is 2.24. The number of aromatic amines is 1. The summed E-state index contributed by atoms with van der Waals surface area (Å²) >= 11 is 0. The third kappa shape index (κ3) is 5.00. The number of rotatable bonds is 4. The first kappa shape index (κ1) is 15.7. The number of ether oxygens (including phenoxy) is 1. The van der Waals surface area contributed by atoms with Gasteiger partial charge < -0.3 is 10.1 Å². The predicted molar refractivity (Wildman–Crippen MR) is 66.6 cm³/mol. The van der Waals surface area contributed by atoms with E-state index in [0.29, 0.717) is 31.5 Å². The lowest BCUT2D eigenvalue weighted by Crippen LogP contribution is -2.41. The van der Waals surface area contributed by atoms with Crippen LogP contribution >= 0.6 is 0 Å². The van der Waals surface area contributed by atoms with Crippen molar-refractivity contribution in [1.29, 1.82) is 0 Å². The van der Waals surface area contributed by atoms with E-state index < -0.39 is 24.8 Å². The molecule has 118 valence electrons. The van der Waals surface area contributed by atoms with Gasteiger partial charge >= 0.3 is 6.18 Å². The molecule has 1 amide bonds. The number of nitrogens with one attached hydrogen (secondary N) is 2.